The third-order valence-electron chi connectivity index (χ3n) is 2.83. The van der Waals surface area contributed by atoms with Crippen LogP contribution in [-0.4, -0.2) is 37.0 Å². The molecular weight excluding hydrogens is 250 g/mol. The van der Waals surface area contributed by atoms with E-state index in [1.54, 1.807) is 26.0 Å². The van der Waals surface area contributed by atoms with Gasteiger partial charge in [-0.2, -0.15) is 4.31 Å². The quantitative estimate of drug-likeness (QED) is 0.855. The van der Waals surface area contributed by atoms with Crippen molar-refractivity contribution in [1.29, 1.82) is 0 Å². The lowest BCUT2D eigenvalue weighted by atomic mass is 10.2. The monoisotopic (exact) mass is 271 g/mol. The molecule has 1 rings (SSSR count). The number of nitrogens with zero attached hydrogens (tertiary/aromatic N) is 1. The third-order valence-corrected chi connectivity index (χ3v) is 4.92. The van der Waals surface area contributed by atoms with E-state index in [0.29, 0.717) is 0 Å². The molecule has 0 aliphatic carbocycles. The van der Waals surface area contributed by atoms with Crippen LogP contribution in [0, 0.1) is 0 Å². The zero-order chi connectivity index (χ0) is 13.8. The molecule has 0 saturated heterocycles. The molecule has 1 aromatic carbocycles. The molecule has 0 aliphatic rings. The summed E-state index contributed by atoms with van der Waals surface area (Å²) >= 11 is 0. The van der Waals surface area contributed by atoms with Crippen molar-refractivity contribution in [2.24, 2.45) is 0 Å². The summed E-state index contributed by atoms with van der Waals surface area (Å²) in [6.45, 7) is 5.57. The Morgan fingerprint density at radius 3 is 2.17 bits per heavy atom. The molecule has 0 saturated carbocycles. The summed E-state index contributed by atoms with van der Waals surface area (Å²) in [5.41, 5.74) is 1.10. The van der Waals surface area contributed by atoms with Crippen LogP contribution in [0.1, 0.15) is 26.3 Å². The van der Waals surface area contributed by atoms with Crippen LogP contribution < -0.4 is 0 Å². The SMILES string of the molecule is CCc1ccc(S(=O)(=O)N(CCO)C(C)C)cc1. The van der Waals surface area contributed by atoms with Gasteiger partial charge in [0.25, 0.3) is 0 Å². The Labute approximate surface area is 109 Å². The van der Waals surface area contributed by atoms with Crippen molar-refractivity contribution in [3.8, 4) is 0 Å². The van der Waals surface area contributed by atoms with E-state index in [9.17, 15) is 8.42 Å². The van der Waals surface area contributed by atoms with Crippen LogP contribution in [-0.2, 0) is 16.4 Å². The van der Waals surface area contributed by atoms with Gasteiger partial charge in [-0.05, 0) is 38.0 Å². The molecule has 0 amide bonds. The maximum Gasteiger partial charge on any atom is 0.243 e. The van der Waals surface area contributed by atoms with Gasteiger partial charge in [0.2, 0.25) is 10.0 Å². The minimum Gasteiger partial charge on any atom is -0.395 e. The first-order chi connectivity index (χ1) is 8.43. The van der Waals surface area contributed by atoms with Crippen LogP contribution in [0.4, 0.5) is 0 Å². The number of benzene rings is 1. The Morgan fingerprint density at radius 1 is 1.22 bits per heavy atom. The maximum absolute atomic E-state index is 12.4. The number of hydrogen-bond acceptors (Lipinski definition) is 3. The molecule has 1 aromatic rings. The maximum atomic E-state index is 12.4. The fourth-order valence-electron chi connectivity index (χ4n) is 1.79. The van der Waals surface area contributed by atoms with Gasteiger partial charge < -0.3 is 5.11 Å². The largest absolute Gasteiger partial charge is 0.395 e. The first-order valence-corrected chi connectivity index (χ1v) is 7.59. The normalized spacial score (nSPS) is 12.3. The summed E-state index contributed by atoms with van der Waals surface area (Å²) in [5.74, 6) is 0. The number of hydrogen-bond donors (Lipinski definition) is 1. The van der Waals surface area contributed by atoms with Gasteiger partial charge in [0, 0.05) is 12.6 Å². The van der Waals surface area contributed by atoms with Crippen LogP contribution in [0.3, 0.4) is 0 Å². The highest BCUT2D eigenvalue weighted by atomic mass is 32.2. The molecule has 18 heavy (non-hydrogen) atoms. The van der Waals surface area contributed by atoms with E-state index in [2.05, 4.69) is 0 Å². The zero-order valence-electron chi connectivity index (χ0n) is 11.1. The molecule has 0 atom stereocenters. The predicted molar refractivity (Wildman–Crippen MR) is 71.9 cm³/mol. The van der Waals surface area contributed by atoms with E-state index in [4.69, 9.17) is 5.11 Å². The Morgan fingerprint density at radius 2 is 1.78 bits per heavy atom. The van der Waals surface area contributed by atoms with Crippen molar-refractivity contribution in [2.75, 3.05) is 13.2 Å². The van der Waals surface area contributed by atoms with Crippen LogP contribution in [0.15, 0.2) is 29.2 Å². The van der Waals surface area contributed by atoms with E-state index >= 15 is 0 Å². The predicted octanol–water partition coefficient (Wildman–Crippen LogP) is 1.64. The number of aryl methyl sites for hydroxylation is 1. The Kier molecular flexibility index (Phi) is 5.31. The second kappa shape index (κ2) is 6.31. The molecule has 0 spiro atoms. The minimum absolute atomic E-state index is 0.121. The van der Waals surface area contributed by atoms with Crippen molar-refractivity contribution < 1.29 is 13.5 Å². The van der Waals surface area contributed by atoms with E-state index in [0.717, 1.165) is 12.0 Å². The van der Waals surface area contributed by atoms with Gasteiger partial charge in [0.15, 0.2) is 0 Å². The molecule has 0 bridgehead atoms. The first-order valence-electron chi connectivity index (χ1n) is 6.15. The second-order valence-electron chi connectivity index (χ2n) is 4.43. The molecule has 4 nitrogen and oxygen atoms in total. The van der Waals surface area contributed by atoms with Gasteiger partial charge in [-0.3, -0.25) is 0 Å². The summed E-state index contributed by atoms with van der Waals surface area (Å²) in [6.07, 6.45) is 0.880. The lowest BCUT2D eigenvalue weighted by molar-refractivity contribution is 0.236. The minimum atomic E-state index is -3.51. The van der Waals surface area contributed by atoms with Gasteiger partial charge in [-0.25, -0.2) is 8.42 Å². The second-order valence-corrected chi connectivity index (χ2v) is 6.32. The van der Waals surface area contributed by atoms with E-state index in [1.807, 2.05) is 19.1 Å². The summed E-state index contributed by atoms with van der Waals surface area (Å²) in [4.78, 5) is 0.279. The number of aliphatic hydroxyl groups is 1. The van der Waals surface area contributed by atoms with E-state index in [1.165, 1.54) is 4.31 Å². The average molecular weight is 271 g/mol. The van der Waals surface area contributed by atoms with Crippen molar-refractivity contribution >= 4 is 10.0 Å². The standard InChI is InChI=1S/C13H21NO3S/c1-4-12-5-7-13(8-6-12)18(16,17)14(9-10-15)11(2)3/h5-8,11,15H,4,9-10H2,1-3H3. The lowest BCUT2D eigenvalue weighted by Crippen LogP contribution is -2.38. The van der Waals surface area contributed by atoms with Crippen molar-refractivity contribution in [1.82, 2.24) is 4.31 Å². The smallest absolute Gasteiger partial charge is 0.243 e. The van der Waals surface area contributed by atoms with Gasteiger partial charge in [-0.15, -0.1) is 0 Å². The fourth-order valence-corrected chi connectivity index (χ4v) is 3.41. The molecule has 0 heterocycles. The Hall–Kier alpha value is -0.910. The Balaban J connectivity index is 3.09. The summed E-state index contributed by atoms with van der Waals surface area (Å²) in [7, 11) is -3.51. The Bertz CT molecular complexity index is 466. The van der Waals surface area contributed by atoms with Crippen molar-refractivity contribution in [2.45, 2.75) is 38.1 Å². The highest BCUT2D eigenvalue weighted by Crippen LogP contribution is 2.18. The molecule has 1 N–H and O–H groups in total. The number of aliphatic hydroxyl groups excluding tert-OH is 1. The summed E-state index contributed by atoms with van der Waals surface area (Å²) < 4.78 is 26.1. The van der Waals surface area contributed by atoms with Gasteiger partial charge in [0.1, 0.15) is 0 Å². The summed E-state index contributed by atoms with van der Waals surface area (Å²) in [6, 6.07) is 6.73. The average Bonchev–Trinajstić information content (AvgIpc) is 2.35. The fraction of sp³-hybridized carbons (Fsp3) is 0.538. The number of sulfonamides is 1. The van der Waals surface area contributed by atoms with Gasteiger partial charge >= 0.3 is 0 Å². The summed E-state index contributed by atoms with van der Waals surface area (Å²) in [5, 5.41) is 8.97. The van der Waals surface area contributed by atoms with E-state index in [-0.39, 0.29) is 24.1 Å². The van der Waals surface area contributed by atoms with Crippen LogP contribution in [0.5, 0.6) is 0 Å². The highest BCUT2D eigenvalue weighted by Gasteiger charge is 2.26. The van der Waals surface area contributed by atoms with Crippen LogP contribution >= 0.6 is 0 Å². The van der Waals surface area contributed by atoms with Crippen molar-refractivity contribution in [3.63, 3.8) is 0 Å². The molecule has 0 unspecified atom stereocenters. The van der Waals surface area contributed by atoms with Gasteiger partial charge in [0.05, 0.1) is 11.5 Å². The number of rotatable bonds is 6. The zero-order valence-corrected chi connectivity index (χ0v) is 11.9. The molecular formula is C13H21NO3S. The highest BCUT2D eigenvalue weighted by molar-refractivity contribution is 7.89. The van der Waals surface area contributed by atoms with E-state index < -0.39 is 10.0 Å². The van der Waals surface area contributed by atoms with Crippen molar-refractivity contribution in [3.05, 3.63) is 29.8 Å². The molecule has 0 aromatic heterocycles. The van der Waals surface area contributed by atoms with Crippen LogP contribution in [0.2, 0.25) is 0 Å². The third kappa shape index (κ3) is 3.31. The molecule has 102 valence electrons. The first kappa shape index (κ1) is 15.1. The molecule has 0 fully saturated rings. The van der Waals surface area contributed by atoms with Crippen LogP contribution in [0.25, 0.3) is 0 Å². The van der Waals surface area contributed by atoms with Gasteiger partial charge in [-0.1, -0.05) is 19.1 Å². The molecule has 0 radical (unpaired) electrons. The molecule has 0 aliphatic heterocycles. The topological polar surface area (TPSA) is 57.6 Å². The lowest BCUT2D eigenvalue weighted by Gasteiger charge is -2.25. The molecule has 5 heteroatoms.